The Morgan fingerprint density at radius 2 is 1.86 bits per heavy atom. The molecule has 3 heteroatoms. The number of rotatable bonds is 2. The highest BCUT2D eigenvalue weighted by Crippen LogP contribution is 2.30. The van der Waals surface area contributed by atoms with E-state index >= 15 is 0 Å². The fourth-order valence-electron chi connectivity index (χ4n) is 1.46. The van der Waals surface area contributed by atoms with Gasteiger partial charge in [0.15, 0.2) is 0 Å². The molecule has 0 aliphatic rings. The SMILES string of the molecule is COc1cc(F)c(C(C)C)c(F)c1C. The van der Waals surface area contributed by atoms with Crippen LogP contribution in [0, 0.1) is 18.6 Å². The predicted octanol–water partition coefficient (Wildman–Crippen LogP) is 3.41. The largest absolute Gasteiger partial charge is 0.496 e. The van der Waals surface area contributed by atoms with Crippen molar-refractivity contribution in [2.24, 2.45) is 0 Å². The van der Waals surface area contributed by atoms with E-state index in [9.17, 15) is 8.78 Å². The third-order valence-corrected chi connectivity index (χ3v) is 2.25. The van der Waals surface area contributed by atoms with Gasteiger partial charge in [-0.15, -0.1) is 0 Å². The van der Waals surface area contributed by atoms with Gasteiger partial charge in [0.1, 0.15) is 17.4 Å². The fraction of sp³-hybridized carbons (Fsp3) is 0.455. The Labute approximate surface area is 82.7 Å². The number of hydrogen-bond donors (Lipinski definition) is 0. The maximum absolute atomic E-state index is 13.6. The Morgan fingerprint density at radius 1 is 1.29 bits per heavy atom. The molecule has 0 aromatic heterocycles. The molecule has 0 saturated carbocycles. The van der Waals surface area contributed by atoms with Gasteiger partial charge in [-0.3, -0.25) is 0 Å². The molecule has 0 amide bonds. The lowest BCUT2D eigenvalue weighted by molar-refractivity contribution is 0.400. The highest BCUT2D eigenvalue weighted by atomic mass is 19.1. The molecule has 0 aliphatic heterocycles. The summed E-state index contributed by atoms with van der Waals surface area (Å²) in [5.41, 5.74) is 0.487. The van der Waals surface area contributed by atoms with Gasteiger partial charge in [-0.1, -0.05) is 13.8 Å². The summed E-state index contributed by atoms with van der Waals surface area (Å²) in [5, 5.41) is 0. The van der Waals surface area contributed by atoms with Crippen LogP contribution < -0.4 is 4.74 Å². The molecule has 0 atom stereocenters. The molecule has 0 fully saturated rings. The van der Waals surface area contributed by atoms with Crippen LogP contribution >= 0.6 is 0 Å². The zero-order chi connectivity index (χ0) is 10.9. The molecule has 0 radical (unpaired) electrons. The van der Waals surface area contributed by atoms with E-state index in [1.54, 1.807) is 20.8 Å². The van der Waals surface area contributed by atoms with Gasteiger partial charge in [0.05, 0.1) is 7.11 Å². The van der Waals surface area contributed by atoms with E-state index in [1.165, 1.54) is 13.2 Å². The maximum Gasteiger partial charge on any atom is 0.136 e. The normalized spacial score (nSPS) is 10.8. The molecule has 0 bridgehead atoms. The summed E-state index contributed by atoms with van der Waals surface area (Å²) in [5.74, 6) is -0.958. The Kier molecular flexibility index (Phi) is 3.09. The second kappa shape index (κ2) is 3.95. The lowest BCUT2D eigenvalue weighted by Crippen LogP contribution is -2.02. The average molecular weight is 200 g/mol. The molecule has 0 N–H and O–H groups in total. The summed E-state index contributed by atoms with van der Waals surface area (Å²) in [6, 6.07) is 1.23. The van der Waals surface area contributed by atoms with E-state index in [4.69, 9.17) is 4.74 Å². The molecule has 1 aromatic carbocycles. The standard InChI is InChI=1S/C11H14F2O/c1-6(2)10-8(12)5-9(14-4)7(3)11(10)13/h5-6H,1-4H3. The first-order chi connectivity index (χ1) is 6.49. The first kappa shape index (κ1) is 11.0. The predicted molar refractivity (Wildman–Crippen MR) is 51.7 cm³/mol. The number of halogens is 2. The second-order valence-corrected chi connectivity index (χ2v) is 3.57. The maximum atomic E-state index is 13.6. The van der Waals surface area contributed by atoms with Crippen LogP contribution in [-0.2, 0) is 0 Å². The molecule has 1 rings (SSSR count). The van der Waals surface area contributed by atoms with Gasteiger partial charge in [-0.25, -0.2) is 8.78 Å². The lowest BCUT2D eigenvalue weighted by atomic mass is 9.99. The van der Waals surface area contributed by atoms with Crippen LogP contribution in [0.4, 0.5) is 8.78 Å². The smallest absolute Gasteiger partial charge is 0.136 e. The molecular weight excluding hydrogens is 186 g/mol. The number of ether oxygens (including phenoxy) is 1. The van der Waals surface area contributed by atoms with Crippen molar-refractivity contribution in [3.8, 4) is 5.75 Å². The van der Waals surface area contributed by atoms with Crippen molar-refractivity contribution in [1.29, 1.82) is 0 Å². The molecule has 0 spiro atoms. The van der Waals surface area contributed by atoms with Gasteiger partial charge in [0.25, 0.3) is 0 Å². The van der Waals surface area contributed by atoms with Crippen LogP contribution in [-0.4, -0.2) is 7.11 Å². The second-order valence-electron chi connectivity index (χ2n) is 3.57. The first-order valence-electron chi connectivity index (χ1n) is 4.51. The minimum Gasteiger partial charge on any atom is -0.496 e. The van der Waals surface area contributed by atoms with Crippen LogP contribution in [0.2, 0.25) is 0 Å². The summed E-state index contributed by atoms with van der Waals surface area (Å²) in [4.78, 5) is 0. The molecule has 0 aliphatic carbocycles. The summed E-state index contributed by atoms with van der Waals surface area (Å²) < 4.78 is 31.9. The molecule has 0 unspecified atom stereocenters. The molecular formula is C11H14F2O. The van der Waals surface area contributed by atoms with E-state index < -0.39 is 11.6 Å². The summed E-state index contributed by atoms with van der Waals surface area (Å²) >= 11 is 0. The Bertz CT molecular complexity index is 346. The van der Waals surface area contributed by atoms with E-state index in [-0.39, 0.29) is 17.2 Å². The van der Waals surface area contributed by atoms with Gasteiger partial charge in [-0.05, 0) is 12.8 Å². The minimum absolute atomic E-state index is 0.128. The number of methoxy groups -OCH3 is 1. The van der Waals surface area contributed by atoms with Crippen LogP contribution in [0.3, 0.4) is 0 Å². The van der Waals surface area contributed by atoms with Gasteiger partial charge >= 0.3 is 0 Å². The topological polar surface area (TPSA) is 9.23 Å². The molecule has 1 aromatic rings. The van der Waals surface area contributed by atoms with E-state index in [0.717, 1.165) is 0 Å². The van der Waals surface area contributed by atoms with Crippen LogP contribution in [0.5, 0.6) is 5.75 Å². The lowest BCUT2D eigenvalue weighted by Gasteiger charge is -2.13. The van der Waals surface area contributed by atoms with Gasteiger partial charge in [0, 0.05) is 17.2 Å². The summed E-state index contributed by atoms with van der Waals surface area (Å²) in [6.45, 7) is 5.10. The third kappa shape index (κ3) is 1.72. The Balaban J connectivity index is 3.41. The van der Waals surface area contributed by atoms with Gasteiger partial charge in [-0.2, -0.15) is 0 Å². The monoisotopic (exact) mass is 200 g/mol. The summed E-state index contributed by atoms with van der Waals surface area (Å²) in [7, 11) is 1.40. The molecule has 1 nitrogen and oxygen atoms in total. The highest BCUT2D eigenvalue weighted by Gasteiger charge is 2.18. The third-order valence-electron chi connectivity index (χ3n) is 2.25. The van der Waals surface area contributed by atoms with Crippen LogP contribution in [0.1, 0.15) is 30.9 Å². The van der Waals surface area contributed by atoms with Crippen molar-refractivity contribution >= 4 is 0 Å². The first-order valence-corrected chi connectivity index (χ1v) is 4.51. The number of benzene rings is 1. The average Bonchev–Trinajstić information content (AvgIpc) is 2.10. The van der Waals surface area contributed by atoms with Crippen molar-refractivity contribution in [2.45, 2.75) is 26.7 Å². The zero-order valence-electron chi connectivity index (χ0n) is 8.82. The highest BCUT2D eigenvalue weighted by molar-refractivity contribution is 5.40. The van der Waals surface area contributed by atoms with E-state index in [2.05, 4.69) is 0 Å². The molecule has 0 heterocycles. The molecule has 78 valence electrons. The van der Waals surface area contributed by atoms with Gasteiger partial charge < -0.3 is 4.74 Å². The molecule has 0 saturated heterocycles. The van der Waals surface area contributed by atoms with Gasteiger partial charge in [0.2, 0.25) is 0 Å². The number of hydrogen-bond acceptors (Lipinski definition) is 1. The Hall–Kier alpha value is -1.12. The van der Waals surface area contributed by atoms with Crippen molar-refractivity contribution in [3.63, 3.8) is 0 Å². The fourth-order valence-corrected chi connectivity index (χ4v) is 1.46. The molecule has 14 heavy (non-hydrogen) atoms. The van der Waals surface area contributed by atoms with Crippen molar-refractivity contribution < 1.29 is 13.5 Å². The van der Waals surface area contributed by atoms with Crippen molar-refractivity contribution in [3.05, 3.63) is 28.8 Å². The van der Waals surface area contributed by atoms with E-state index in [1.807, 2.05) is 0 Å². The van der Waals surface area contributed by atoms with Crippen LogP contribution in [0.25, 0.3) is 0 Å². The van der Waals surface area contributed by atoms with Crippen molar-refractivity contribution in [1.82, 2.24) is 0 Å². The quantitative estimate of drug-likeness (QED) is 0.710. The zero-order valence-corrected chi connectivity index (χ0v) is 8.82. The summed E-state index contributed by atoms with van der Waals surface area (Å²) in [6.07, 6.45) is 0. The van der Waals surface area contributed by atoms with E-state index in [0.29, 0.717) is 5.56 Å². The van der Waals surface area contributed by atoms with Crippen molar-refractivity contribution in [2.75, 3.05) is 7.11 Å². The van der Waals surface area contributed by atoms with Crippen LogP contribution in [0.15, 0.2) is 6.07 Å². The minimum atomic E-state index is -0.542. The Morgan fingerprint density at radius 3 is 2.29 bits per heavy atom.